The Balaban J connectivity index is 2.07. The SMILES string of the molecule is COc1ccc(C(O)=C2C(=O)C(=O)N(CCN(C)C)[C@@H]2c2ccc(OC(C)C)cc2)cc1. The average molecular weight is 439 g/mol. The summed E-state index contributed by atoms with van der Waals surface area (Å²) in [5.74, 6) is -0.181. The maximum absolute atomic E-state index is 13.0. The molecule has 0 bridgehead atoms. The van der Waals surface area contributed by atoms with Crippen molar-refractivity contribution in [2.75, 3.05) is 34.3 Å². The summed E-state index contributed by atoms with van der Waals surface area (Å²) < 4.78 is 10.9. The lowest BCUT2D eigenvalue weighted by Crippen LogP contribution is -2.35. The zero-order valence-corrected chi connectivity index (χ0v) is 19.2. The lowest BCUT2D eigenvalue weighted by atomic mass is 9.95. The highest BCUT2D eigenvalue weighted by Gasteiger charge is 2.45. The van der Waals surface area contributed by atoms with Gasteiger partial charge in [-0.2, -0.15) is 0 Å². The Morgan fingerprint density at radius 3 is 2.16 bits per heavy atom. The Labute approximate surface area is 188 Å². The van der Waals surface area contributed by atoms with Crippen LogP contribution in [-0.2, 0) is 9.59 Å². The number of aliphatic hydroxyl groups is 1. The van der Waals surface area contributed by atoms with Crippen LogP contribution in [0.2, 0.25) is 0 Å². The van der Waals surface area contributed by atoms with Crippen LogP contribution in [0.15, 0.2) is 54.1 Å². The fourth-order valence-corrected chi connectivity index (χ4v) is 3.67. The smallest absolute Gasteiger partial charge is 0.295 e. The van der Waals surface area contributed by atoms with Gasteiger partial charge in [0.15, 0.2) is 0 Å². The Morgan fingerprint density at radius 1 is 1.03 bits per heavy atom. The number of likely N-dealkylation sites (tertiary alicyclic amines) is 1. The Hall–Kier alpha value is -3.32. The topological polar surface area (TPSA) is 79.3 Å². The van der Waals surface area contributed by atoms with E-state index in [0.717, 1.165) is 5.56 Å². The van der Waals surface area contributed by atoms with E-state index in [1.165, 1.54) is 4.90 Å². The molecule has 1 N–H and O–H groups in total. The van der Waals surface area contributed by atoms with Gasteiger partial charge >= 0.3 is 0 Å². The minimum absolute atomic E-state index is 0.0293. The number of likely N-dealkylation sites (N-methyl/N-ethyl adjacent to an activating group) is 1. The van der Waals surface area contributed by atoms with Gasteiger partial charge in [-0.1, -0.05) is 12.1 Å². The van der Waals surface area contributed by atoms with E-state index in [0.29, 0.717) is 30.2 Å². The molecule has 0 radical (unpaired) electrons. The second-order valence-corrected chi connectivity index (χ2v) is 8.26. The van der Waals surface area contributed by atoms with Crippen LogP contribution in [0.25, 0.3) is 5.76 Å². The van der Waals surface area contributed by atoms with E-state index in [9.17, 15) is 14.7 Å². The molecule has 2 aromatic rings. The lowest BCUT2D eigenvalue weighted by Gasteiger charge is -2.26. The third-order valence-electron chi connectivity index (χ3n) is 5.26. The van der Waals surface area contributed by atoms with Crippen LogP contribution in [0.4, 0.5) is 0 Å². The predicted octanol–water partition coefficient (Wildman–Crippen LogP) is 3.47. The first kappa shape index (κ1) is 23.3. The summed E-state index contributed by atoms with van der Waals surface area (Å²) in [6.07, 6.45) is 0.0293. The van der Waals surface area contributed by atoms with E-state index in [4.69, 9.17) is 9.47 Å². The molecule has 0 aromatic heterocycles. The maximum Gasteiger partial charge on any atom is 0.295 e. The number of benzene rings is 2. The van der Waals surface area contributed by atoms with Crippen molar-refractivity contribution in [2.24, 2.45) is 0 Å². The molecular formula is C25H30N2O5. The summed E-state index contributed by atoms with van der Waals surface area (Å²) >= 11 is 0. The van der Waals surface area contributed by atoms with Gasteiger partial charge in [0.1, 0.15) is 17.3 Å². The number of carbonyl (C=O) groups excluding carboxylic acids is 2. The molecule has 3 rings (SSSR count). The van der Waals surface area contributed by atoms with Crippen LogP contribution in [-0.4, -0.2) is 67.0 Å². The Kier molecular flexibility index (Phi) is 7.20. The zero-order valence-electron chi connectivity index (χ0n) is 19.2. The first-order valence-corrected chi connectivity index (χ1v) is 10.6. The van der Waals surface area contributed by atoms with Crippen molar-refractivity contribution < 1.29 is 24.2 Å². The number of hydrogen-bond acceptors (Lipinski definition) is 6. The number of rotatable bonds is 8. The number of ketones is 1. The minimum atomic E-state index is -0.690. The van der Waals surface area contributed by atoms with Crippen molar-refractivity contribution in [3.63, 3.8) is 0 Å². The van der Waals surface area contributed by atoms with Gasteiger partial charge in [-0.25, -0.2) is 0 Å². The minimum Gasteiger partial charge on any atom is -0.507 e. The van der Waals surface area contributed by atoms with Crippen molar-refractivity contribution >= 4 is 17.4 Å². The van der Waals surface area contributed by atoms with Crippen LogP contribution in [0.1, 0.15) is 31.0 Å². The highest BCUT2D eigenvalue weighted by atomic mass is 16.5. The van der Waals surface area contributed by atoms with Crippen LogP contribution in [0.3, 0.4) is 0 Å². The van der Waals surface area contributed by atoms with E-state index in [1.807, 2.05) is 57.1 Å². The van der Waals surface area contributed by atoms with Crippen LogP contribution < -0.4 is 9.47 Å². The highest BCUT2D eigenvalue weighted by molar-refractivity contribution is 6.46. The number of methoxy groups -OCH3 is 1. The third-order valence-corrected chi connectivity index (χ3v) is 5.26. The molecule has 0 unspecified atom stereocenters. The zero-order chi connectivity index (χ0) is 23.4. The van der Waals surface area contributed by atoms with E-state index in [2.05, 4.69) is 0 Å². The van der Waals surface area contributed by atoms with Gasteiger partial charge in [0.05, 0.1) is 24.8 Å². The van der Waals surface area contributed by atoms with Gasteiger partial charge in [-0.05, 0) is 69.9 Å². The summed E-state index contributed by atoms with van der Waals surface area (Å²) in [5, 5.41) is 11.1. The number of amides is 1. The molecule has 2 aromatic carbocycles. The van der Waals surface area contributed by atoms with E-state index < -0.39 is 17.7 Å². The largest absolute Gasteiger partial charge is 0.507 e. The van der Waals surface area contributed by atoms with Gasteiger partial charge in [0.25, 0.3) is 11.7 Å². The molecule has 1 aliphatic rings. The number of carbonyl (C=O) groups is 2. The van der Waals surface area contributed by atoms with E-state index in [-0.39, 0.29) is 17.4 Å². The summed E-state index contributed by atoms with van der Waals surface area (Å²) in [6.45, 7) is 4.82. The molecule has 1 amide bonds. The van der Waals surface area contributed by atoms with E-state index in [1.54, 1.807) is 31.4 Å². The van der Waals surface area contributed by atoms with Crippen molar-refractivity contribution in [2.45, 2.75) is 26.0 Å². The molecule has 1 aliphatic heterocycles. The van der Waals surface area contributed by atoms with Crippen LogP contribution >= 0.6 is 0 Å². The molecule has 1 heterocycles. The summed E-state index contributed by atoms with van der Waals surface area (Å²) in [4.78, 5) is 29.4. The predicted molar refractivity (Wildman–Crippen MR) is 123 cm³/mol. The monoisotopic (exact) mass is 438 g/mol. The van der Waals surface area contributed by atoms with Crippen LogP contribution in [0, 0.1) is 0 Å². The number of Topliss-reactive ketones (excluding diaryl/α,β-unsaturated/α-hetero) is 1. The number of ether oxygens (including phenoxy) is 2. The molecule has 1 fully saturated rings. The second kappa shape index (κ2) is 9.87. The number of hydrogen-bond donors (Lipinski definition) is 1. The van der Waals surface area contributed by atoms with Gasteiger partial charge in [-0.3, -0.25) is 9.59 Å². The molecule has 1 saturated heterocycles. The third kappa shape index (κ3) is 4.94. The Bertz CT molecular complexity index is 994. The highest BCUT2D eigenvalue weighted by Crippen LogP contribution is 2.39. The first-order valence-electron chi connectivity index (χ1n) is 10.6. The molecule has 1 atom stereocenters. The van der Waals surface area contributed by atoms with Gasteiger partial charge in [-0.15, -0.1) is 0 Å². The second-order valence-electron chi connectivity index (χ2n) is 8.26. The lowest BCUT2D eigenvalue weighted by molar-refractivity contribution is -0.140. The fraction of sp³-hybridized carbons (Fsp3) is 0.360. The van der Waals surface area contributed by atoms with Crippen molar-refractivity contribution in [3.05, 3.63) is 65.2 Å². The molecule has 7 heteroatoms. The van der Waals surface area contributed by atoms with Crippen molar-refractivity contribution in [1.29, 1.82) is 0 Å². The quantitative estimate of drug-likeness (QED) is 0.386. The molecule has 0 saturated carbocycles. The van der Waals surface area contributed by atoms with E-state index >= 15 is 0 Å². The molecular weight excluding hydrogens is 408 g/mol. The first-order chi connectivity index (χ1) is 15.2. The van der Waals surface area contributed by atoms with Gasteiger partial charge < -0.3 is 24.4 Å². The number of nitrogens with zero attached hydrogens (tertiary/aromatic N) is 2. The Morgan fingerprint density at radius 2 is 1.62 bits per heavy atom. The molecule has 0 spiro atoms. The van der Waals surface area contributed by atoms with Crippen molar-refractivity contribution in [1.82, 2.24) is 9.80 Å². The normalized spacial score (nSPS) is 18.0. The fourth-order valence-electron chi connectivity index (χ4n) is 3.67. The summed E-state index contributed by atoms with van der Waals surface area (Å²) in [7, 11) is 5.36. The van der Waals surface area contributed by atoms with Gasteiger partial charge in [0, 0.05) is 18.7 Å². The molecule has 170 valence electrons. The van der Waals surface area contributed by atoms with Gasteiger partial charge in [0.2, 0.25) is 0 Å². The van der Waals surface area contributed by atoms with Crippen LogP contribution in [0.5, 0.6) is 11.5 Å². The average Bonchev–Trinajstić information content (AvgIpc) is 3.02. The van der Waals surface area contributed by atoms with Crippen molar-refractivity contribution in [3.8, 4) is 11.5 Å². The maximum atomic E-state index is 13.0. The standard InChI is InChI=1S/C25H30N2O5/c1-16(2)32-20-12-6-17(7-13-20)22-21(23(28)18-8-10-19(31-5)11-9-18)24(29)25(30)27(22)15-14-26(3)4/h6-13,16,22,28H,14-15H2,1-5H3/t22-/m1/s1. The summed E-state index contributed by atoms with van der Waals surface area (Å²) in [6, 6.07) is 13.3. The number of aliphatic hydroxyl groups excluding tert-OH is 1. The molecule has 32 heavy (non-hydrogen) atoms. The summed E-state index contributed by atoms with van der Waals surface area (Å²) in [5.41, 5.74) is 1.26. The molecule has 7 nitrogen and oxygen atoms in total. The molecule has 0 aliphatic carbocycles.